The van der Waals surface area contributed by atoms with Gasteiger partial charge in [-0.15, -0.1) is 0 Å². The van der Waals surface area contributed by atoms with Gasteiger partial charge in [-0.25, -0.2) is 14.4 Å². The van der Waals surface area contributed by atoms with Gasteiger partial charge in [0.2, 0.25) is 5.91 Å². The van der Waals surface area contributed by atoms with Crippen LogP contribution in [0.4, 0.5) is 9.59 Å². The lowest BCUT2D eigenvalue weighted by Gasteiger charge is -2.34. The van der Waals surface area contributed by atoms with Crippen LogP contribution in [0.5, 0.6) is 11.5 Å². The van der Waals surface area contributed by atoms with Crippen molar-refractivity contribution in [3.8, 4) is 11.5 Å². The van der Waals surface area contributed by atoms with Crippen LogP contribution in [0.15, 0.2) is 12.1 Å². The van der Waals surface area contributed by atoms with Crippen molar-refractivity contribution in [1.29, 1.82) is 0 Å². The summed E-state index contributed by atoms with van der Waals surface area (Å²) in [5, 5.41) is 12.6. The number of carboxylic acid groups (broad SMARTS) is 1. The summed E-state index contributed by atoms with van der Waals surface area (Å²) < 4.78 is 22.9. The van der Waals surface area contributed by atoms with Crippen molar-refractivity contribution in [2.24, 2.45) is 10.8 Å². The Bertz CT molecular complexity index is 1230. The van der Waals surface area contributed by atoms with Crippen molar-refractivity contribution in [3.63, 3.8) is 0 Å². The first-order valence-electron chi connectivity index (χ1n) is 14.9. The summed E-state index contributed by atoms with van der Waals surface area (Å²) >= 11 is 0. The second-order valence-electron chi connectivity index (χ2n) is 13.5. The number of aliphatic carboxylic acids is 1. The maximum absolute atomic E-state index is 13.8. The summed E-state index contributed by atoms with van der Waals surface area (Å²) in [6.45, 7) is 10.5. The zero-order valence-electron chi connectivity index (χ0n) is 26.1. The molecule has 3 aliphatic heterocycles. The molecule has 2 N–H and O–H groups in total. The van der Waals surface area contributed by atoms with Crippen LogP contribution in [-0.4, -0.2) is 84.0 Å². The number of carboxylic acids is 1. The Morgan fingerprint density at radius 3 is 2.51 bits per heavy atom. The predicted molar refractivity (Wildman–Crippen MR) is 156 cm³/mol. The Kier molecular flexibility index (Phi) is 9.66. The molecule has 3 amide bonds. The topological polar surface area (TPSA) is 144 Å². The number of amides is 3. The van der Waals surface area contributed by atoms with Gasteiger partial charge in [0, 0.05) is 24.6 Å². The fourth-order valence-electron chi connectivity index (χ4n) is 5.77. The van der Waals surface area contributed by atoms with Crippen LogP contribution >= 0.6 is 0 Å². The number of nitrogens with one attached hydrogen (secondary N) is 1. The molecule has 4 rings (SSSR count). The van der Waals surface area contributed by atoms with Crippen LogP contribution in [0.3, 0.4) is 0 Å². The number of ether oxygens (including phenoxy) is 4. The van der Waals surface area contributed by atoms with E-state index in [0.717, 1.165) is 36.8 Å². The predicted octanol–water partition coefficient (Wildman–Crippen LogP) is 4.32. The molecule has 1 aromatic rings. The quantitative estimate of drug-likeness (QED) is 0.505. The SMILES string of the molecule is COc1cc2c3c(c1)OCCCCCC(C)(C)COC(=O)N[C@@H](C(C)(C)C)C(=O)N1C[C@@H](CC1C(=O)O)OC(=O)N(C2)C3. The molecular weight excluding hydrogens is 558 g/mol. The summed E-state index contributed by atoms with van der Waals surface area (Å²) in [7, 11) is 1.58. The van der Waals surface area contributed by atoms with E-state index in [1.165, 1.54) is 9.80 Å². The van der Waals surface area contributed by atoms with Gasteiger partial charge in [-0.2, -0.15) is 0 Å². The smallest absolute Gasteiger partial charge is 0.410 e. The molecule has 0 aromatic heterocycles. The van der Waals surface area contributed by atoms with Gasteiger partial charge in [0.15, 0.2) is 0 Å². The number of hydrogen-bond acceptors (Lipinski definition) is 8. The Morgan fingerprint density at radius 1 is 1.09 bits per heavy atom. The molecule has 4 bridgehead atoms. The van der Waals surface area contributed by atoms with E-state index in [1.807, 2.05) is 26.0 Å². The van der Waals surface area contributed by atoms with E-state index in [2.05, 4.69) is 5.32 Å². The zero-order chi connectivity index (χ0) is 31.5. The van der Waals surface area contributed by atoms with Gasteiger partial charge in [0.25, 0.3) is 0 Å². The highest BCUT2D eigenvalue weighted by Crippen LogP contribution is 2.36. The Hall–Kier alpha value is -3.70. The average molecular weight is 604 g/mol. The van der Waals surface area contributed by atoms with Crippen molar-refractivity contribution >= 4 is 24.1 Å². The second kappa shape index (κ2) is 12.9. The normalized spacial score (nSPS) is 25.4. The lowest BCUT2D eigenvalue weighted by Crippen LogP contribution is -2.57. The number of carbonyl (C=O) groups excluding carboxylic acids is 3. The molecule has 1 aromatic carbocycles. The number of hydrogen-bond donors (Lipinski definition) is 2. The van der Waals surface area contributed by atoms with Crippen molar-refractivity contribution in [1.82, 2.24) is 15.1 Å². The van der Waals surface area contributed by atoms with Gasteiger partial charge in [0.05, 0.1) is 33.4 Å². The molecule has 0 radical (unpaired) electrons. The first-order valence-corrected chi connectivity index (χ1v) is 14.9. The van der Waals surface area contributed by atoms with Crippen LogP contribution in [0.1, 0.15) is 77.8 Å². The van der Waals surface area contributed by atoms with Crippen molar-refractivity contribution in [3.05, 3.63) is 23.3 Å². The lowest BCUT2D eigenvalue weighted by atomic mass is 9.85. The third-order valence-corrected chi connectivity index (χ3v) is 8.30. The van der Waals surface area contributed by atoms with Crippen LogP contribution < -0.4 is 14.8 Å². The monoisotopic (exact) mass is 603 g/mol. The molecule has 0 saturated carbocycles. The molecule has 3 heterocycles. The van der Waals surface area contributed by atoms with Gasteiger partial charge in [-0.1, -0.05) is 47.5 Å². The third-order valence-electron chi connectivity index (χ3n) is 8.30. The molecule has 12 heteroatoms. The van der Waals surface area contributed by atoms with Crippen LogP contribution in [0.2, 0.25) is 0 Å². The summed E-state index contributed by atoms with van der Waals surface area (Å²) in [5.74, 6) is -0.499. The summed E-state index contributed by atoms with van der Waals surface area (Å²) in [5.41, 5.74) is 0.739. The fourth-order valence-corrected chi connectivity index (χ4v) is 5.77. The summed E-state index contributed by atoms with van der Waals surface area (Å²) in [6.07, 6.45) is 1.23. The average Bonchev–Trinajstić information content (AvgIpc) is 3.56. The molecule has 1 fully saturated rings. The second-order valence-corrected chi connectivity index (χ2v) is 13.5. The van der Waals surface area contributed by atoms with Crippen LogP contribution in [0.25, 0.3) is 0 Å². The Balaban J connectivity index is 1.60. The number of carbonyl (C=O) groups is 4. The number of fused-ring (bicyclic) bond motifs is 3. The molecule has 1 saturated heterocycles. The Labute approximate surface area is 253 Å². The maximum Gasteiger partial charge on any atom is 0.410 e. The first kappa shape index (κ1) is 32.2. The number of methoxy groups -OCH3 is 1. The van der Waals surface area contributed by atoms with E-state index in [4.69, 9.17) is 18.9 Å². The number of rotatable bonds is 2. The highest BCUT2D eigenvalue weighted by atomic mass is 16.6. The molecular formula is C31H45N3O9. The number of cyclic esters (lactones) is 1. The molecule has 1 unspecified atom stereocenters. The fraction of sp³-hybridized carbons (Fsp3) is 0.677. The van der Waals surface area contributed by atoms with E-state index in [9.17, 15) is 24.3 Å². The van der Waals surface area contributed by atoms with E-state index in [1.54, 1.807) is 27.9 Å². The molecule has 3 atom stereocenters. The molecule has 43 heavy (non-hydrogen) atoms. The molecule has 0 spiro atoms. The Morgan fingerprint density at radius 2 is 1.84 bits per heavy atom. The summed E-state index contributed by atoms with van der Waals surface area (Å²) in [6, 6.07) is 1.42. The van der Waals surface area contributed by atoms with Crippen molar-refractivity contribution in [2.75, 3.05) is 26.9 Å². The summed E-state index contributed by atoms with van der Waals surface area (Å²) in [4.78, 5) is 54.8. The van der Waals surface area contributed by atoms with Crippen LogP contribution in [0, 0.1) is 10.8 Å². The minimum absolute atomic E-state index is 0.0642. The molecule has 238 valence electrons. The van der Waals surface area contributed by atoms with Crippen LogP contribution in [-0.2, 0) is 32.2 Å². The maximum atomic E-state index is 13.8. The zero-order valence-corrected chi connectivity index (χ0v) is 26.1. The minimum atomic E-state index is -1.21. The van der Waals surface area contributed by atoms with E-state index in [-0.39, 0.29) is 38.1 Å². The van der Waals surface area contributed by atoms with Crippen molar-refractivity contribution in [2.45, 2.75) is 98.0 Å². The van der Waals surface area contributed by atoms with E-state index < -0.39 is 47.7 Å². The van der Waals surface area contributed by atoms with Gasteiger partial charge < -0.3 is 34.3 Å². The molecule has 3 aliphatic rings. The molecule has 0 aliphatic carbocycles. The largest absolute Gasteiger partial charge is 0.497 e. The lowest BCUT2D eigenvalue weighted by molar-refractivity contribution is -0.150. The first-order chi connectivity index (χ1) is 20.2. The van der Waals surface area contributed by atoms with E-state index >= 15 is 0 Å². The highest BCUT2D eigenvalue weighted by molar-refractivity contribution is 5.90. The van der Waals surface area contributed by atoms with Gasteiger partial charge >= 0.3 is 18.2 Å². The highest BCUT2D eigenvalue weighted by Gasteiger charge is 2.47. The number of benzene rings is 1. The van der Waals surface area contributed by atoms with Crippen molar-refractivity contribution < 1.29 is 43.2 Å². The van der Waals surface area contributed by atoms with Gasteiger partial charge in [-0.05, 0) is 35.3 Å². The van der Waals surface area contributed by atoms with Gasteiger partial charge in [0.1, 0.15) is 29.7 Å². The number of nitrogens with zero attached hydrogens (tertiary/aromatic N) is 2. The van der Waals surface area contributed by atoms with E-state index in [0.29, 0.717) is 18.1 Å². The molecule has 12 nitrogen and oxygen atoms in total. The third kappa shape index (κ3) is 7.83. The minimum Gasteiger partial charge on any atom is -0.497 e. The number of alkyl carbamates (subject to hydrolysis) is 1. The van der Waals surface area contributed by atoms with Gasteiger partial charge in [-0.3, -0.25) is 9.69 Å². The standard InChI is InChI=1S/C31H45N3O9/c1-30(2,3)25-26(35)34-16-21(13-23(34)27(36)37)43-29(39)33-15-19-12-20(40-6)14-24(22(19)17-33)41-11-9-7-8-10-31(4,5)18-42-28(38)32-25/h12,14,21,23,25H,7-11,13,15-18H2,1-6H3,(H,32,38)(H,36,37)/t21-,23?,25-/m1/s1.